The number of aryl methyl sites for hydroxylation is 2. The molecule has 0 unspecified atom stereocenters. The molecule has 0 aliphatic heterocycles. The fourth-order valence-corrected chi connectivity index (χ4v) is 1.90. The van der Waals surface area contributed by atoms with E-state index in [0.29, 0.717) is 0 Å². The molecular weight excluding hydrogens is 214 g/mol. The number of aliphatic carboxylic acids is 1. The molecule has 0 aliphatic rings. The van der Waals surface area contributed by atoms with E-state index < -0.39 is 5.97 Å². The standard InChI is InChI=1S/C14H21NO2/c1-3-5-6-8-15-9-7-12(4-2)10-13(15)11-14(16)17/h7,9-10H,3-6,8,11H2,1-2H3/p+1. The molecule has 0 saturated heterocycles. The molecule has 1 rings (SSSR count). The molecule has 1 heterocycles. The average molecular weight is 236 g/mol. The molecule has 0 radical (unpaired) electrons. The summed E-state index contributed by atoms with van der Waals surface area (Å²) in [5.41, 5.74) is 2.11. The number of carboxylic acid groups (broad SMARTS) is 1. The zero-order valence-corrected chi connectivity index (χ0v) is 10.8. The van der Waals surface area contributed by atoms with Gasteiger partial charge in [-0.1, -0.05) is 20.3 Å². The van der Waals surface area contributed by atoms with Crippen molar-refractivity contribution in [1.82, 2.24) is 0 Å². The van der Waals surface area contributed by atoms with E-state index in [4.69, 9.17) is 5.11 Å². The maximum absolute atomic E-state index is 10.8. The topological polar surface area (TPSA) is 41.2 Å². The van der Waals surface area contributed by atoms with Crippen molar-refractivity contribution in [3.05, 3.63) is 29.6 Å². The van der Waals surface area contributed by atoms with E-state index in [1.165, 1.54) is 18.4 Å². The maximum Gasteiger partial charge on any atom is 0.314 e. The fraction of sp³-hybridized carbons (Fsp3) is 0.571. The Morgan fingerprint density at radius 1 is 1.35 bits per heavy atom. The lowest BCUT2D eigenvalue weighted by atomic mass is 10.1. The highest BCUT2D eigenvalue weighted by atomic mass is 16.4. The van der Waals surface area contributed by atoms with Crippen molar-refractivity contribution < 1.29 is 14.5 Å². The van der Waals surface area contributed by atoms with Gasteiger partial charge < -0.3 is 5.11 Å². The molecule has 17 heavy (non-hydrogen) atoms. The predicted molar refractivity (Wildman–Crippen MR) is 66.9 cm³/mol. The molecule has 0 bridgehead atoms. The Bertz CT molecular complexity index is 374. The van der Waals surface area contributed by atoms with Gasteiger partial charge in [0, 0.05) is 18.6 Å². The molecule has 94 valence electrons. The quantitative estimate of drug-likeness (QED) is 0.583. The fourth-order valence-electron chi connectivity index (χ4n) is 1.90. The highest BCUT2D eigenvalue weighted by Gasteiger charge is 2.14. The molecule has 0 amide bonds. The molecule has 0 atom stereocenters. The van der Waals surface area contributed by atoms with Gasteiger partial charge in [0.05, 0.1) is 0 Å². The van der Waals surface area contributed by atoms with E-state index >= 15 is 0 Å². The zero-order chi connectivity index (χ0) is 12.7. The van der Waals surface area contributed by atoms with Gasteiger partial charge in [0.25, 0.3) is 0 Å². The second-order valence-electron chi connectivity index (χ2n) is 4.35. The third-order valence-corrected chi connectivity index (χ3v) is 2.93. The van der Waals surface area contributed by atoms with Crippen molar-refractivity contribution in [3.63, 3.8) is 0 Å². The first-order valence-corrected chi connectivity index (χ1v) is 6.40. The Balaban J connectivity index is 2.81. The summed E-state index contributed by atoms with van der Waals surface area (Å²) >= 11 is 0. The molecule has 1 aromatic rings. The Labute approximate surface area is 103 Å². The number of aromatic nitrogens is 1. The lowest BCUT2D eigenvalue weighted by Gasteiger charge is -2.04. The molecule has 3 heteroatoms. The Morgan fingerprint density at radius 2 is 2.12 bits per heavy atom. The summed E-state index contributed by atoms with van der Waals surface area (Å²) in [6, 6.07) is 4.09. The first kappa shape index (κ1) is 13.7. The minimum atomic E-state index is -0.762. The Morgan fingerprint density at radius 3 is 2.71 bits per heavy atom. The highest BCUT2D eigenvalue weighted by Crippen LogP contribution is 2.03. The molecule has 0 fully saturated rings. The first-order valence-electron chi connectivity index (χ1n) is 6.40. The van der Waals surface area contributed by atoms with Gasteiger partial charge in [-0.2, -0.15) is 0 Å². The SMILES string of the molecule is CCCCC[n+]1ccc(CC)cc1CC(=O)O. The Hall–Kier alpha value is -1.38. The third-order valence-electron chi connectivity index (χ3n) is 2.93. The number of unbranched alkanes of at least 4 members (excludes halogenated alkanes) is 2. The van der Waals surface area contributed by atoms with Gasteiger partial charge in [0.15, 0.2) is 11.9 Å². The van der Waals surface area contributed by atoms with Crippen LogP contribution >= 0.6 is 0 Å². The molecule has 0 saturated carbocycles. The van der Waals surface area contributed by atoms with Crippen LogP contribution < -0.4 is 4.57 Å². The summed E-state index contributed by atoms with van der Waals surface area (Å²) in [5.74, 6) is -0.762. The molecule has 1 N–H and O–H groups in total. The summed E-state index contributed by atoms with van der Waals surface area (Å²) in [7, 11) is 0. The van der Waals surface area contributed by atoms with E-state index in [0.717, 1.165) is 25.1 Å². The van der Waals surface area contributed by atoms with E-state index in [9.17, 15) is 4.79 Å². The van der Waals surface area contributed by atoms with Crippen LogP contribution in [0.15, 0.2) is 18.3 Å². The number of carboxylic acids is 1. The van der Waals surface area contributed by atoms with Crippen LogP contribution in [0.3, 0.4) is 0 Å². The average Bonchev–Trinajstić information content (AvgIpc) is 2.30. The number of hydrogen-bond acceptors (Lipinski definition) is 1. The van der Waals surface area contributed by atoms with Gasteiger partial charge >= 0.3 is 5.97 Å². The summed E-state index contributed by atoms with van der Waals surface area (Å²) in [6.07, 6.45) is 6.56. The van der Waals surface area contributed by atoms with Gasteiger partial charge in [-0.3, -0.25) is 4.79 Å². The van der Waals surface area contributed by atoms with Crippen molar-refractivity contribution in [2.45, 2.75) is 52.5 Å². The van der Waals surface area contributed by atoms with E-state index in [-0.39, 0.29) is 6.42 Å². The first-order chi connectivity index (χ1) is 8.17. The summed E-state index contributed by atoms with van der Waals surface area (Å²) in [6.45, 7) is 5.17. The molecule has 0 aromatic carbocycles. The minimum Gasteiger partial charge on any atom is -0.481 e. The minimum absolute atomic E-state index is 0.111. The normalized spacial score (nSPS) is 10.5. The van der Waals surface area contributed by atoms with Crippen molar-refractivity contribution >= 4 is 5.97 Å². The summed E-state index contributed by atoms with van der Waals surface area (Å²) in [5, 5.41) is 8.91. The maximum atomic E-state index is 10.8. The highest BCUT2D eigenvalue weighted by molar-refractivity contribution is 5.69. The van der Waals surface area contributed by atoms with E-state index in [1.807, 2.05) is 12.3 Å². The van der Waals surface area contributed by atoms with Crippen molar-refractivity contribution in [1.29, 1.82) is 0 Å². The monoisotopic (exact) mass is 236 g/mol. The van der Waals surface area contributed by atoms with Gasteiger partial charge in [-0.25, -0.2) is 4.57 Å². The molecule has 0 aliphatic carbocycles. The van der Waals surface area contributed by atoms with Crippen molar-refractivity contribution in [3.8, 4) is 0 Å². The molecule has 0 spiro atoms. The largest absolute Gasteiger partial charge is 0.481 e. The number of hydrogen-bond donors (Lipinski definition) is 1. The van der Waals surface area contributed by atoms with Crippen LogP contribution in [0.4, 0.5) is 0 Å². The summed E-state index contributed by atoms with van der Waals surface area (Å²) < 4.78 is 2.07. The van der Waals surface area contributed by atoms with Crippen LogP contribution in [0.5, 0.6) is 0 Å². The van der Waals surface area contributed by atoms with Crippen LogP contribution in [0, 0.1) is 0 Å². The zero-order valence-electron chi connectivity index (χ0n) is 10.8. The van der Waals surface area contributed by atoms with Gasteiger partial charge in [-0.15, -0.1) is 0 Å². The second-order valence-corrected chi connectivity index (χ2v) is 4.35. The number of rotatable bonds is 7. The number of pyridine rings is 1. The van der Waals surface area contributed by atoms with E-state index in [2.05, 4.69) is 24.5 Å². The van der Waals surface area contributed by atoms with Gasteiger partial charge in [0.1, 0.15) is 13.0 Å². The second kappa shape index (κ2) is 7.05. The van der Waals surface area contributed by atoms with Crippen LogP contribution in [0.2, 0.25) is 0 Å². The molecule has 1 aromatic heterocycles. The lowest BCUT2D eigenvalue weighted by Crippen LogP contribution is -2.39. The van der Waals surface area contributed by atoms with Gasteiger partial charge in [-0.05, 0) is 18.4 Å². The third kappa shape index (κ3) is 4.55. The molecule has 3 nitrogen and oxygen atoms in total. The van der Waals surface area contributed by atoms with Crippen LogP contribution in [0.25, 0.3) is 0 Å². The Kier molecular flexibility index (Phi) is 5.67. The van der Waals surface area contributed by atoms with Crippen LogP contribution in [-0.4, -0.2) is 11.1 Å². The molecular formula is C14H22NO2+. The number of nitrogens with zero attached hydrogens (tertiary/aromatic N) is 1. The van der Waals surface area contributed by atoms with E-state index in [1.54, 1.807) is 0 Å². The van der Waals surface area contributed by atoms with Crippen molar-refractivity contribution in [2.24, 2.45) is 0 Å². The van der Waals surface area contributed by atoms with Crippen LogP contribution in [0.1, 0.15) is 44.4 Å². The van der Waals surface area contributed by atoms with Gasteiger partial charge in [0.2, 0.25) is 0 Å². The predicted octanol–water partition coefficient (Wildman–Crippen LogP) is 2.35. The smallest absolute Gasteiger partial charge is 0.314 e. The summed E-state index contributed by atoms with van der Waals surface area (Å²) in [4.78, 5) is 10.8. The number of carbonyl (C=O) groups is 1. The van der Waals surface area contributed by atoms with Crippen LogP contribution in [-0.2, 0) is 24.2 Å². The lowest BCUT2D eigenvalue weighted by molar-refractivity contribution is -0.704. The van der Waals surface area contributed by atoms with Crippen molar-refractivity contribution in [2.75, 3.05) is 0 Å².